The number of pyridine rings is 2. The van der Waals surface area contributed by atoms with Crippen LogP contribution in [-0.4, -0.2) is 21.7 Å². The van der Waals surface area contributed by atoms with Gasteiger partial charge in [-0.15, -0.1) is 0 Å². The highest BCUT2D eigenvalue weighted by Crippen LogP contribution is 2.35. The van der Waals surface area contributed by atoms with E-state index in [4.69, 9.17) is 22.1 Å². The van der Waals surface area contributed by atoms with Gasteiger partial charge in [-0.3, -0.25) is 9.78 Å². The maximum atomic E-state index is 13.0. The van der Waals surface area contributed by atoms with Gasteiger partial charge in [0.15, 0.2) is 0 Å². The molecule has 0 bridgehead atoms. The van der Waals surface area contributed by atoms with E-state index in [-0.39, 0.29) is 5.56 Å². The summed E-state index contributed by atoms with van der Waals surface area (Å²) < 4.78 is 7.52. The lowest BCUT2D eigenvalue weighted by Crippen LogP contribution is -2.43. The number of rotatable bonds is 5. The molecule has 0 aliphatic carbocycles. The molecule has 0 aliphatic rings. The smallest absolute Gasteiger partial charge is 0.260 e. The summed E-state index contributed by atoms with van der Waals surface area (Å²) in [5, 5.41) is 2.52. The van der Waals surface area contributed by atoms with Crippen LogP contribution in [0.1, 0.15) is 32.9 Å². The first-order valence-corrected chi connectivity index (χ1v) is 9.48. The molecule has 3 rings (SSSR count). The molecule has 27 heavy (non-hydrogen) atoms. The zero-order valence-electron chi connectivity index (χ0n) is 16.5. The summed E-state index contributed by atoms with van der Waals surface area (Å²) in [6.45, 7) is 8.43. The molecule has 0 radical (unpaired) electrons. The molecule has 2 N–H and O–H groups in total. The van der Waals surface area contributed by atoms with Gasteiger partial charge >= 0.3 is 0 Å². The Hall–Kier alpha value is -2.11. The molecule has 2 heterocycles. The number of aromatic nitrogens is 2. The third-order valence-electron chi connectivity index (χ3n) is 4.79. The molecule has 0 fully saturated rings. The molecule has 1 unspecified atom stereocenters. The second-order valence-corrected chi connectivity index (χ2v) is 8.38. The summed E-state index contributed by atoms with van der Waals surface area (Å²) in [6.07, 6.45) is 2.57. The average Bonchev–Trinajstić information content (AvgIpc) is 2.57. The van der Waals surface area contributed by atoms with Gasteiger partial charge in [0, 0.05) is 24.2 Å². The van der Waals surface area contributed by atoms with Gasteiger partial charge in [0.25, 0.3) is 5.56 Å². The number of nitrogens with zero attached hydrogens (tertiary/aromatic N) is 2. The van der Waals surface area contributed by atoms with Crippen LogP contribution in [0.2, 0.25) is 5.02 Å². The van der Waals surface area contributed by atoms with Crippen molar-refractivity contribution in [2.45, 2.75) is 39.7 Å². The highest BCUT2D eigenvalue weighted by atomic mass is 35.5. The SMILES string of the molecule is Cc1nccc2c3ccc(OCC(C)(N)CC(C)C)c(Cl)c3c(=O)n(C)c12. The summed E-state index contributed by atoms with van der Waals surface area (Å²) in [5.41, 5.74) is 7.31. The van der Waals surface area contributed by atoms with Gasteiger partial charge in [-0.1, -0.05) is 25.4 Å². The Morgan fingerprint density at radius 2 is 2.00 bits per heavy atom. The maximum absolute atomic E-state index is 13.0. The molecule has 0 aliphatic heterocycles. The van der Waals surface area contributed by atoms with E-state index in [1.54, 1.807) is 17.8 Å². The summed E-state index contributed by atoms with van der Waals surface area (Å²) in [7, 11) is 1.74. The van der Waals surface area contributed by atoms with Gasteiger partial charge in [0.2, 0.25) is 0 Å². The molecule has 6 heteroatoms. The highest BCUT2D eigenvalue weighted by Gasteiger charge is 2.23. The van der Waals surface area contributed by atoms with Gasteiger partial charge in [-0.25, -0.2) is 0 Å². The first-order chi connectivity index (χ1) is 12.6. The largest absolute Gasteiger partial charge is 0.490 e. The van der Waals surface area contributed by atoms with Gasteiger partial charge in [-0.05, 0) is 49.8 Å². The van der Waals surface area contributed by atoms with Crippen molar-refractivity contribution in [2.75, 3.05) is 6.61 Å². The number of hydrogen-bond donors (Lipinski definition) is 1. The predicted molar refractivity (Wildman–Crippen MR) is 112 cm³/mol. The van der Waals surface area contributed by atoms with Crippen LogP contribution in [0.5, 0.6) is 5.75 Å². The van der Waals surface area contributed by atoms with Crippen molar-refractivity contribution < 1.29 is 4.74 Å². The Labute approximate surface area is 164 Å². The molecule has 144 valence electrons. The van der Waals surface area contributed by atoms with Crippen LogP contribution in [0.3, 0.4) is 0 Å². The minimum Gasteiger partial charge on any atom is -0.490 e. The molecule has 0 spiro atoms. The fraction of sp³-hybridized carbons (Fsp3) is 0.429. The van der Waals surface area contributed by atoms with Crippen molar-refractivity contribution in [1.29, 1.82) is 0 Å². The van der Waals surface area contributed by atoms with Crippen molar-refractivity contribution in [3.05, 3.63) is 45.5 Å². The van der Waals surface area contributed by atoms with E-state index in [0.717, 1.165) is 28.4 Å². The van der Waals surface area contributed by atoms with Gasteiger partial charge in [-0.2, -0.15) is 0 Å². The monoisotopic (exact) mass is 387 g/mol. The Morgan fingerprint density at radius 3 is 2.67 bits per heavy atom. The van der Waals surface area contributed by atoms with Crippen LogP contribution in [0.25, 0.3) is 21.7 Å². The van der Waals surface area contributed by atoms with Crippen LogP contribution in [0.15, 0.2) is 29.2 Å². The van der Waals surface area contributed by atoms with E-state index in [2.05, 4.69) is 18.8 Å². The third kappa shape index (κ3) is 3.66. The Balaban J connectivity index is 2.12. The first kappa shape index (κ1) is 19.6. The lowest BCUT2D eigenvalue weighted by atomic mass is 9.93. The summed E-state index contributed by atoms with van der Waals surface area (Å²) in [5.74, 6) is 0.943. The van der Waals surface area contributed by atoms with E-state index in [0.29, 0.717) is 28.7 Å². The molecule has 1 aromatic carbocycles. The molecular weight excluding hydrogens is 362 g/mol. The molecule has 0 amide bonds. The number of nitrogens with two attached hydrogens (primary N) is 1. The number of ether oxygens (including phenoxy) is 1. The molecule has 2 aromatic heterocycles. The molecule has 3 aromatic rings. The average molecular weight is 388 g/mol. The Bertz CT molecular complexity index is 1070. The van der Waals surface area contributed by atoms with Crippen LogP contribution < -0.4 is 16.0 Å². The van der Waals surface area contributed by atoms with E-state index in [9.17, 15) is 4.79 Å². The second kappa shape index (κ2) is 7.13. The van der Waals surface area contributed by atoms with E-state index in [1.807, 2.05) is 32.0 Å². The fourth-order valence-corrected chi connectivity index (χ4v) is 4.10. The van der Waals surface area contributed by atoms with Crippen molar-refractivity contribution in [3.8, 4) is 5.75 Å². The maximum Gasteiger partial charge on any atom is 0.260 e. The van der Waals surface area contributed by atoms with Crippen molar-refractivity contribution in [3.63, 3.8) is 0 Å². The minimum absolute atomic E-state index is 0.165. The number of hydrogen-bond acceptors (Lipinski definition) is 4. The van der Waals surface area contributed by atoms with E-state index >= 15 is 0 Å². The predicted octanol–water partition coefficient (Wildman–Crippen LogP) is 4.19. The lowest BCUT2D eigenvalue weighted by molar-refractivity contribution is 0.207. The third-order valence-corrected chi connectivity index (χ3v) is 5.17. The van der Waals surface area contributed by atoms with Crippen molar-refractivity contribution >= 4 is 33.3 Å². The molecule has 1 atom stereocenters. The summed E-state index contributed by atoms with van der Waals surface area (Å²) in [6, 6.07) is 5.60. The van der Waals surface area contributed by atoms with Crippen LogP contribution in [-0.2, 0) is 7.05 Å². The number of benzene rings is 1. The minimum atomic E-state index is -0.469. The van der Waals surface area contributed by atoms with Crippen molar-refractivity contribution in [1.82, 2.24) is 9.55 Å². The summed E-state index contributed by atoms with van der Waals surface area (Å²) >= 11 is 6.60. The molecule has 5 nitrogen and oxygen atoms in total. The van der Waals surface area contributed by atoms with Gasteiger partial charge in [0.05, 0.1) is 21.6 Å². The Kier molecular flexibility index (Phi) is 5.19. The Morgan fingerprint density at radius 1 is 1.30 bits per heavy atom. The zero-order chi connectivity index (χ0) is 19.9. The van der Waals surface area contributed by atoms with E-state index in [1.165, 1.54) is 0 Å². The van der Waals surface area contributed by atoms with Gasteiger partial charge in [0.1, 0.15) is 12.4 Å². The topological polar surface area (TPSA) is 70.1 Å². The quantitative estimate of drug-likeness (QED) is 0.666. The fourth-order valence-electron chi connectivity index (χ4n) is 3.80. The first-order valence-electron chi connectivity index (χ1n) is 9.10. The number of halogens is 1. The number of aryl methyl sites for hydroxylation is 2. The lowest BCUT2D eigenvalue weighted by Gasteiger charge is -2.27. The standard InChI is InChI=1S/C21H26ClN3O2/c1-12(2)10-21(4,23)11-27-16-7-6-14-15-8-9-24-13(3)19(15)25(5)20(26)17(14)18(16)22/h6-9,12H,10-11,23H2,1-5H3. The summed E-state index contributed by atoms with van der Waals surface area (Å²) in [4.78, 5) is 17.3. The van der Waals surface area contributed by atoms with Crippen LogP contribution in [0, 0.1) is 12.8 Å². The zero-order valence-corrected chi connectivity index (χ0v) is 17.2. The van der Waals surface area contributed by atoms with Crippen LogP contribution in [0.4, 0.5) is 0 Å². The normalized spacial score (nSPS) is 14.1. The number of fused-ring (bicyclic) bond motifs is 3. The second-order valence-electron chi connectivity index (χ2n) is 8.00. The highest BCUT2D eigenvalue weighted by molar-refractivity contribution is 6.37. The molecule has 0 saturated heterocycles. The van der Waals surface area contributed by atoms with Crippen LogP contribution >= 0.6 is 11.6 Å². The van der Waals surface area contributed by atoms with Crippen molar-refractivity contribution in [2.24, 2.45) is 18.7 Å². The van der Waals surface area contributed by atoms with Gasteiger partial charge < -0.3 is 15.0 Å². The molecule has 0 saturated carbocycles. The van der Waals surface area contributed by atoms with E-state index < -0.39 is 5.54 Å². The molecular formula is C21H26ClN3O2.